The number of aliphatic hydroxyl groups is 1. The van der Waals surface area contributed by atoms with Crippen LogP contribution in [-0.2, 0) is 4.79 Å². The van der Waals surface area contributed by atoms with E-state index >= 15 is 0 Å². The molecule has 1 heterocycles. The highest BCUT2D eigenvalue weighted by Crippen LogP contribution is 2.20. The summed E-state index contributed by atoms with van der Waals surface area (Å²) in [6, 6.07) is 0.346. The fraction of sp³-hybridized carbons (Fsp3) is 0.929. The molecule has 1 amide bonds. The minimum atomic E-state index is 0.0468. The number of nitrogens with zero attached hydrogens (tertiary/aromatic N) is 2. The highest BCUT2D eigenvalue weighted by molar-refractivity contribution is 5.84. The molecule has 4 heteroatoms. The number of aliphatic hydroxyl groups excluding tert-OH is 1. The molecule has 1 saturated heterocycles. The molecule has 0 spiro atoms. The molecule has 0 saturated carbocycles. The first-order valence-corrected chi connectivity index (χ1v) is 7.27. The standard InChI is InChI=1S/C14H28N2O2/c1-4-5-8-15(9-6-11-17)13-7-10-16(12(2)3)14(13)18/h12-13,17H,4-11H2,1-3H3. The Kier molecular flexibility index (Phi) is 6.65. The molecule has 1 fully saturated rings. The van der Waals surface area contributed by atoms with Gasteiger partial charge in [-0.1, -0.05) is 13.3 Å². The average molecular weight is 256 g/mol. The SMILES string of the molecule is CCCCN(CCCO)C1CCN(C(C)C)C1=O. The van der Waals surface area contributed by atoms with Crippen LogP contribution in [0, 0.1) is 0 Å². The van der Waals surface area contributed by atoms with Gasteiger partial charge >= 0.3 is 0 Å². The Morgan fingerprint density at radius 2 is 2.06 bits per heavy atom. The third kappa shape index (κ3) is 3.95. The molecule has 0 aliphatic carbocycles. The van der Waals surface area contributed by atoms with Crippen molar-refractivity contribution in [2.75, 3.05) is 26.2 Å². The maximum atomic E-state index is 12.3. The van der Waals surface area contributed by atoms with E-state index in [9.17, 15) is 4.79 Å². The monoisotopic (exact) mass is 256 g/mol. The zero-order chi connectivity index (χ0) is 13.5. The second kappa shape index (κ2) is 7.74. The Morgan fingerprint density at radius 3 is 2.56 bits per heavy atom. The van der Waals surface area contributed by atoms with Crippen LogP contribution < -0.4 is 0 Å². The Balaban J connectivity index is 2.59. The molecular formula is C14H28N2O2. The maximum Gasteiger partial charge on any atom is 0.240 e. The molecule has 0 aromatic heterocycles. The minimum absolute atomic E-state index is 0.0468. The predicted molar refractivity (Wildman–Crippen MR) is 73.4 cm³/mol. The molecule has 1 atom stereocenters. The largest absolute Gasteiger partial charge is 0.396 e. The van der Waals surface area contributed by atoms with E-state index in [0.29, 0.717) is 6.04 Å². The molecule has 1 N–H and O–H groups in total. The van der Waals surface area contributed by atoms with Crippen molar-refractivity contribution >= 4 is 5.91 Å². The quantitative estimate of drug-likeness (QED) is 0.715. The van der Waals surface area contributed by atoms with Crippen molar-refractivity contribution in [2.24, 2.45) is 0 Å². The minimum Gasteiger partial charge on any atom is -0.396 e. The molecule has 0 bridgehead atoms. The number of amides is 1. The van der Waals surface area contributed by atoms with E-state index in [1.54, 1.807) is 0 Å². The van der Waals surface area contributed by atoms with Crippen molar-refractivity contribution in [1.82, 2.24) is 9.80 Å². The van der Waals surface area contributed by atoms with E-state index in [1.807, 2.05) is 4.90 Å². The predicted octanol–water partition coefficient (Wildman–Crippen LogP) is 1.48. The van der Waals surface area contributed by atoms with Gasteiger partial charge in [-0.25, -0.2) is 0 Å². The Hall–Kier alpha value is -0.610. The summed E-state index contributed by atoms with van der Waals surface area (Å²) in [7, 11) is 0. The lowest BCUT2D eigenvalue weighted by molar-refractivity contribution is -0.133. The number of carbonyl (C=O) groups excluding carboxylic acids is 1. The van der Waals surface area contributed by atoms with Gasteiger partial charge in [0.2, 0.25) is 5.91 Å². The lowest BCUT2D eigenvalue weighted by Crippen LogP contribution is -2.44. The molecule has 1 unspecified atom stereocenters. The van der Waals surface area contributed by atoms with Crippen LogP contribution in [0.1, 0.15) is 46.5 Å². The summed E-state index contributed by atoms with van der Waals surface area (Å²) in [6.07, 6.45) is 3.96. The van der Waals surface area contributed by atoms with Crippen LogP contribution in [0.5, 0.6) is 0 Å². The van der Waals surface area contributed by atoms with Gasteiger partial charge in [-0.05, 0) is 39.7 Å². The van der Waals surface area contributed by atoms with Crippen molar-refractivity contribution < 1.29 is 9.90 Å². The van der Waals surface area contributed by atoms with Crippen molar-refractivity contribution in [1.29, 1.82) is 0 Å². The average Bonchev–Trinajstić information content (AvgIpc) is 2.72. The summed E-state index contributed by atoms with van der Waals surface area (Å²) in [5.41, 5.74) is 0. The lowest BCUT2D eigenvalue weighted by atomic mass is 10.1. The summed E-state index contributed by atoms with van der Waals surface area (Å²) in [4.78, 5) is 16.6. The van der Waals surface area contributed by atoms with E-state index in [-0.39, 0.29) is 18.6 Å². The summed E-state index contributed by atoms with van der Waals surface area (Å²) in [5, 5.41) is 8.97. The van der Waals surface area contributed by atoms with Crippen LogP contribution in [0.15, 0.2) is 0 Å². The van der Waals surface area contributed by atoms with E-state index in [4.69, 9.17) is 5.11 Å². The second-order valence-electron chi connectivity index (χ2n) is 5.40. The van der Waals surface area contributed by atoms with Crippen LogP contribution in [-0.4, -0.2) is 59.1 Å². The van der Waals surface area contributed by atoms with Gasteiger partial charge in [-0.3, -0.25) is 9.69 Å². The zero-order valence-corrected chi connectivity index (χ0v) is 12.1. The number of hydrogen-bond acceptors (Lipinski definition) is 3. The molecular weight excluding hydrogens is 228 g/mol. The van der Waals surface area contributed by atoms with Crippen molar-refractivity contribution in [3.63, 3.8) is 0 Å². The number of unbranched alkanes of at least 4 members (excludes halogenated alkanes) is 1. The molecule has 0 aromatic rings. The maximum absolute atomic E-state index is 12.3. The van der Waals surface area contributed by atoms with Crippen LogP contribution in [0.2, 0.25) is 0 Å². The van der Waals surface area contributed by atoms with Crippen LogP contribution in [0.25, 0.3) is 0 Å². The van der Waals surface area contributed by atoms with Crippen molar-refractivity contribution in [3.05, 3.63) is 0 Å². The van der Waals surface area contributed by atoms with Crippen LogP contribution in [0.3, 0.4) is 0 Å². The van der Waals surface area contributed by atoms with Gasteiger partial charge in [0.05, 0.1) is 6.04 Å². The van der Waals surface area contributed by atoms with Crippen molar-refractivity contribution in [2.45, 2.75) is 58.5 Å². The van der Waals surface area contributed by atoms with Gasteiger partial charge < -0.3 is 10.0 Å². The number of likely N-dealkylation sites (tertiary alicyclic amines) is 1. The van der Waals surface area contributed by atoms with Gasteiger partial charge in [0.1, 0.15) is 0 Å². The molecule has 106 valence electrons. The van der Waals surface area contributed by atoms with Gasteiger partial charge in [-0.2, -0.15) is 0 Å². The molecule has 1 aliphatic rings. The van der Waals surface area contributed by atoms with E-state index < -0.39 is 0 Å². The van der Waals surface area contributed by atoms with Crippen molar-refractivity contribution in [3.8, 4) is 0 Å². The summed E-state index contributed by atoms with van der Waals surface area (Å²) in [5.74, 6) is 0.277. The van der Waals surface area contributed by atoms with Crippen LogP contribution in [0.4, 0.5) is 0 Å². The fourth-order valence-electron chi connectivity index (χ4n) is 2.60. The third-order valence-corrected chi connectivity index (χ3v) is 3.68. The molecule has 4 nitrogen and oxygen atoms in total. The molecule has 18 heavy (non-hydrogen) atoms. The number of carbonyl (C=O) groups is 1. The first-order valence-electron chi connectivity index (χ1n) is 7.27. The Labute approximate surface area is 111 Å². The topological polar surface area (TPSA) is 43.8 Å². The molecule has 0 aromatic carbocycles. The van der Waals surface area contributed by atoms with Gasteiger partial charge in [0.25, 0.3) is 0 Å². The van der Waals surface area contributed by atoms with Crippen LogP contribution >= 0.6 is 0 Å². The number of hydrogen-bond donors (Lipinski definition) is 1. The highest BCUT2D eigenvalue weighted by Gasteiger charge is 2.36. The first kappa shape index (κ1) is 15.4. The second-order valence-corrected chi connectivity index (χ2v) is 5.40. The normalized spacial score (nSPS) is 20.4. The smallest absolute Gasteiger partial charge is 0.240 e. The fourth-order valence-corrected chi connectivity index (χ4v) is 2.60. The third-order valence-electron chi connectivity index (χ3n) is 3.68. The zero-order valence-electron chi connectivity index (χ0n) is 12.1. The summed E-state index contributed by atoms with van der Waals surface area (Å²) >= 11 is 0. The Morgan fingerprint density at radius 1 is 1.39 bits per heavy atom. The molecule has 1 rings (SSSR count). The molecule has 1 aliphatic heterocycles. The van der Waals surface area contributed by atoms with Gasteiger partial charge in [0, 0.05) is 25.7 Å². The van der Waals surface area contributed by atoms with E-state index in [2.05, 4.69) is 25.7 Å². The summed E-state index contributed by atoms with van der Waals surface area (Å²) < 4.78 is 0. The lowest BCUT2D eigenvalue weighted by Gasteiger charge is -2.28. The van der Waals surface area contributed by atoms with E-state index in [0.717, 1.165) is 45.3 Å². The summed E-state index contributed by atoms with van der Waals surface area (Å²) in [6.45, 7) is 9.20. The van der Waals surface area contributed by atoms with Gasteiger partial charge in [-0.15, -0.1) is 0 Å². The number of rotatable bonds is 8. The first-order chi connectivity index (χ1) is 8.61. The van der Waals surface area contributed by atoms with E-state index in [1.165, 1.54) is 0 Å². The van der Waals surface area contributed by atoms with Gasteiger partial charge in [0.15, 0.2) is 0 Å². The molecule has 0 radical (unpaired) electrons. The highest BCUT2D eigenvalue weighted by atomic mass is 16.3. The Bertz CT molecular complexity index is 248.